The van der Waals surface area contributed by atoms with Crippen molar-refractivity contribution >= 4 is 28.9 Å². The summed E-state index contributed by atoms with van der Waals surface area (Å²) < 4.78 is 20.7. The summed E-state index contributed by atoms with van der Waals surface area (Å²) in [6.45, 7) is 2.79. The molecular formula is C24H23FN4O2S. The van der Waals surface area contributed by atoms with Gasteiger partial charge in [-0.05, 0) is 48.9 Å². The van der Waals surface area contributed by atoms with E-state index < -0.39 is 0 Å². The summed E-state index contributed by atoms with van der Waals surface area (Å²) in [5.74, 6) is 0.425. The number of carbonyl (C=O) groups is 1. The second-order valence-electron chi connectivity index (χ2n) is 7.13. The third-order valence-electron chi connectivity index (χ3n) is 4.74. The average molecular weight is 451 g/mol. The molecule has 2 aromatic carbocycles. The minimum absolute atomic E-state index is 0.168. The first-order chi connectivity index (χ1) is 15.6. The Labute approximate surface area is 189 Å². The average Bonchev–Trinajstić information content (AvgIpc) is 3.24. The largest absolute Gasteiger partial charge is 0.493 e. The number of thioether (sulfide) groups is 1. The summed E-state index contributed by atoms with van der Waals surface area (Å²) in [4.78, 5) is 16.7. The molecule has 1 N–H and O–H groups in total. The molecule has 0 aliphatic rings. The molecule has 2 aromatic heterocycles. The Hall–Kier alpha value is -3.39. The van der Waals surface area contributed by atoms with Gasteiger partial charge in [0.1, 0.15) is 16.6 Å². The molecule has 8 heteroatoms. The molecule has 164 valence electrons. The second-order valence-corrected chi connectivity index (χ2v) is 8.10. The number of unbranched alkanes of at least 4 members (excludes halogenated alkanes) is 1. The van der Waals surface area contributed by atoms with Crippen molar-refractivity contribution in [3.63, 3.8) is 0 Å². The molecule has 0 atom stereocenters. The van der Waals surface area contributed by atoms with E-state index in [1.807, 2.05) is 30.3 Å². The van der Waals surface area contributed by atoms with Crippen molar-refractivity contribution in [3.8, 4) is 17.0 Å². The van der Waals surface area contributed by atoms with Crippen LogP contribution in [0, 0.1) is 5.82 Å². The predicted molar refractivity (Wildman–Crippen MR) is 125 cm³/mol. The molecule has 4 aromatic rings. The lowest BCUT2D eigenvalue weighted by Gasteiger charge is -2.09. The minimum Gasteiger partial charge on any atom is -0.493 e. The molecule has 1 amide bonds. The molecule has 2 heterocycles. The highest BCUT2D eigenvalue weighted by Crippen LogP contribution is 2.31. The van der Waals surface area contributed by atoms with Gasteiger partial charge in [0.05, 0.1) is 23.6 Å². The highest BCUT2D eigenvalue weighted by Gasteiger charge is 2.14. The third kappa shape index (κ3) is 5.26. The van der Waals surface area contributed by atoms with Crippen LogP contribution in [0.1, 0.15) is 19.8 Å². The summed E-state index contributed by atoms with van der Waals surface area (Å²) >= 11 is 1.32. The van der Waals surface area contributed by atoms with Crippen molar-refractivity contribution in [2.75, 3.05) is 17.7 Å². The van der Waals surface area contributed by atoms with Gasteiger partial charge in [0, 0.05) is 23.6 Å². The summed E-state index contributed by atoms with van der Waals surface area (Å²) in [7, 11) is 0. The van der Waals surface area contributed by atoms with Crippen LogP contribution in [-0.2, 0) is 4.79 Å². The molecule has 32 heavy (non-hydrogen) atoms. The normalized spacial score (nSPS) is 10.9. The summed E-state index contributed by atoms with van der Waals surface area (Å²) in [6, 6.07) is 15.5. The first-order valence-electron chi connectivity index (χ1n) is 10.4. The molecule has 0 fully saturated rings. The minimum atomic E-state index is -0.345. The molecule has 0 saturated carbocycles. The van der Waals surface area contributed by atoms with Crippen LogP contribution in [0.4, 0.5) is 10.1 Å². The molecule has 4 rings (SSSR count). The van der Waals surface area contributed by atoms with E-state index >= 15 is 0 Å². The monoisotopic (exact) mass is 450 g/mol. The zero-order valence-corrected chi connectivity index (χ0v) is 18.4. The van der Waals surface area contributed by atoms with Gasteiger partial charge in [0.15, 0.2) is 0 Å². The van der Waals surface area contributed by atoms with Crippen molar-refractivity contribution in [1.82, 2.24) is 14.6 Å². The van der Waals surface area contributed by atoms with Crippen molar-refractivity contribution in [1.29, 1.82) is 0 Å². The molecule has 6 nitrogen and oxygen atoms in total. The second kappa shape index (κ2) is 10.3. The van der Waals surface area contributed by atoms with Gasteiger partial charge < -0.3 is 10.1 Å². The molecular weight excluding hydrogens is 427 g/mol. The van der Waals surface area contributed by atoms with Crippen molar-refractivity contribution in [3.05, 3.63) is 72.8 Å². The van der Waals surface area contributed by atoms with Crippen LogP contribution in [0.5, 0.6) is 5.75 Å². The number of halogens is 1. The van der Waals surface area contributed by atoms with Crippen LogP contribution in [-0.4, -0.2) is 32.9 Å². The van der Waals surface area contributed by atoms with Crippen LogP contribution < -0.4 is 10.1 Å². The van der Waals surface area contributed by atoms with E-state index in [0.29, 0.717) is 17.3 Å². The van der Waals surface area contributed by atoms with Gasteiger partial charge in [-0.3, -0.25) is 4.79 Å². The number of para-hydroxylation sites is 1. The number of aromatic nitrogens is 3. The van der Waals surface area contributed by atoms with Gasteiger partial charge >= 0.3 is 0 Å². The third-order valence-corrected chi connectivity index (χ3v) is 5.74. The van der Waals surface area contributed by atoms with Crippen LogP contribution in [0.25, 0.3) is 16.8 Å². The number of hydrogen-bond donors (Lipinski definition) is 1. The Morgan fingerprint density at radius 3 is 2.81 bits per heavy atom. The lowest BCUT2D eigenvalue weighted by Crippen LogP contribution is -2.14. The zero-order valence-electron chi connectivity index (χ0n) is 17.6. The number of nitrogens with one attached hydrogen (secondary N) is 1. The SMILES string of the molecule is CCCCOc1ccccc1-c1cc2c(SCC(=O)Nc3ccc(F)cc3)nccn2n1. The van der Waals surface area contributed by atoms with Crippen LogP contribution in [0.3, 0.4) is 0 Å². The Kier molecular flexibility index (Phi) is 7.01. The van der Waals surface area contributed by atoms with E-state index in [9.17, 15) is 9.18 Å². The molecule has 0 spiro atoms. The fourth-order valence-corrected chi connectivity index (χ4v) is 3.91. The van der Waals surface area contributed by atoms with Crippen LogP contribution in [0.2, 0.25) is 0 Å². The van der Waals surface area contributed by atoms with Crippen LogP contribution in [0.15, 0.2) is 72.0 Å². The first kappa shape index (κ1) is 21.8. The number of hydrogen-bond acceptors (Lipinski definition) is 5. The number of amides is 1. The molecule has 0 bridgehead atoms. The molecule has 0 aliphatic heterocycles. The molecule has 0 unspecified atom stereocenters. The smallest absolute Gasteiger partial charge is 0.234 e. The number of fused-ring (bicyclic) bond motifs is 1. The van der Waals surface area contributed by atoms with Gasteiger partial charge in [-0.25, -0.2) is 13.9 Å². The van der Waals surface area contributed by atoms with Gasteiger partial charge in [0.25, 0.3) is 0 Å². The fraction of sp³-hybridized carbons (Fsp3) is 0.208. The predicted octanol–water partition coefficient (Wildman–Crippen LogP) is 5.45. The Bertz CT molecular complexity index is 1210. The quantitative estimate of drug-likeness (QED) is 0.271. The summed E-state index contributed by atoms with van der Waals surface area (Å²) in [6.07, 6.45) is 5.50. The summed E-state index contributed by atoms with van der Waals surface area (Å²) in [5.41, 5.74) is 3.06. The Balaban J connectivity index is 1.50. The standard InChI is InChI=1S/C24H23FN4O2S/c1-2-3-14-31-22-7-5-4-6-19(22)20-15-21-24(26-12-13-29(21)28-20)32-16-23(30)27-18-10-8-17(25)9-11-18/h4-13,15H,2-3,14,16H2,1H3,(H,27,30). The highest BCUT2D eigenvalue weighted by atomic mass is 32.2. The maximum atomic E-state index is 13.0. The number of rotatable bonds is 9. The van der Waals surface area contributed by atoms with Crippen LogP contribution >= 0.6 is 11.8 Å². The van der Waals surface area contributed by atoms with Gasteiger partial charge in [-0.1, -0.05) is 37.2 Å². The number of carbonyl (C=O) groups excluding carboxylic acids is 1. The maximum absolute atomic E-state index is 13.0. The topological polar surface area (TPSA) is 68.5 Å². The van der Waals surface area contributed by atoms with Gasteiger partial charge in [-0.15, -0.1) is 0 Å². The zero-order chi connectivity index (χ0) is 22.3. The number of nitrogens with zero attached hydrogens (tertiary/aromatic N) is 3. The summed E-state index contributed by atoms with van der Waals surface area (Å²) in [5, 5.41) is 8.14. The first-order valence-corrected chi connectivity index (χ1v) is 11.4. The number of ether oxygens (including phenoxy) is 1. The van der Waals surface area contributed by atoms with Crippen molar-refractivity contribution < 1.29 is 13.9 Å². The number of anilines is 1. The van der Waals surface area contributed by atoms with Gasteiger partial charge in [-0.2, -0.15) is 5.10 Å². The Morgan fingerprint density at radius 1 is 1.19 bits per heavy atom. The number of benzene rings is 2. The molecule has 0 radical (unpaired) electrons. The van der Waals surface area contributed by atoms with E-state index in [1.54, 1.807) is 16.9 Å². The lowest BCUT2D eigenvalue weighted by atomic mass is 10.1. The lowest BCUT2D eigenvalue weighted by molar-refractivity contribution is -0.113. The maximum Gasteiger partial charge on any atom is 0.234 e. The van der Waals surface area contributed by atoms with E-state index in [1.165, 1.54) is 36.0 Å². The molecule has 0 aliphatic carbocycles. The molecule has 0 saturated heterocycles. The van der Waals surface area contributed by atoms with E-state index in [2.05, 4.69) is 22.3 Å². The van der Waals surface area contributed by atoms with Gasteiger partial charge in [0.2, 0.25) is 5.91 Å². The van der Waals surface area contributed by atoms with Crippen molar-refractivity contribution in [2.24, 2.45) is 0 Å². The van der Waals surface area contributed by atoms with E-state index in [-0.39, 0.29) is 17.5 Å². The van der Waals surface area contributed by atoms with Crippen molar-refractivity contribution in [2.45, 2.75) is 24.8 Å². The van der Waals surface area contributed by atoms with E-state index in [4.69, 9.17) is 4.74 Å². The Morgan fingerprint density at radius 2 is 2.00 bits per heavy atom. The van der Waals surface area contributed by atoms with E-state index in [0.717, 1.165) is 35.4 Å². The fourth-order valence-electron chi connectivity index (χ4n) is 3.14. The highest BCUT2D eigenvalue weighted by molar-refractivity contribution is 8.00.